The first-order valence-corrected chi connectivity index (χ1v) is 6.56. The van der Waals surface area contributed by atoms with Gasteiger partial charge in [-0.15, -0.1) is 6.58 Å². The Balaban J connectivity index is 2.74. The van der Waals surface area contributed by atoms with Crippen LogP contribution in [0.15, 0.2) is 29.8 Å². The van der Waals surface area contributed by atoms with Crippen molar-refractivity contribution in [2.75, 3.05) is 13.6 Å². The summed E-state index contributed by atoms with van der Waals surface area (Å²) in [6, 6.07) is 3.78. The minimum absolute atomic E-state index is 0.0879. The Kier molecular flexibility index (Phi) is 6.06. The van der Waals surface area contributed by atoms with E-state index in [0.717, 1.165) is 24.3 Å². The molecule has 0 fully saturated rings. The average Bonchev–Trinajstić information content (AvgIpc) is 2.37. The van der Waals surface area contributed by atoms with E-state index in [1.54, 1.807) is 0 Å². The number of aromatic nitrogens is 1. The second kappa shape index (κ2) is 7.56. The minimum atomic E-state index is 0.0879. The molecule has 0 aliphatic rings. The number of hydrogen-bond acceptors (Lipinski definition) is 3. The van der Waals surface area contributed by atoms with E-state index >= 15 is 0 Å². The third-order valence-electron chi connectivity index (χ3n) is 2.75. The predicted molar refractivity (Wildman–Crippen MR) is 80.3 cm³/mol. The minimum Gasteiger partial charge on any atom is -0.474 e. The largest absolute Gasteiger partial charge is 0.474 e. The van der Waals surface area contributed by atoms with Crippen LogP contribution in [0.1, 0.15) is 26.0 Å². The third-order valence-corrected chi connectivity index (χ3v) is 2.75. The van der Waals surface area contributed by atoms with Gasteiger partial charge in [0, 0.05) is 26.1 Å². The third kappa shape index (κ3) is 5.12. The maximum atomic E-state index is 5.69. The van der Waals surface area contributed by atoms with E-state index in [1.807, 2.05) is 50.3 Å². The Labute approximate surface area is 115 Å². The molecule has 4 heteroatoms. The second-order valence-corrected chi connectivity index (χ2v) is 4.52. The van der Waals surface area contributed by atoms with E-state index in [9.17, 15) is 0 Å². The highest BCUT2D eigenvalue weighted by molar-refractivity contribution is 5.62. The molecular weight excluding hydrogens is 238 g/mol. The van der Waals surface area contributed by atoms with Gasteiger partial charge in [0.05, 0.1) is 17.7 Å². The number of aliphatic imine (C=N–C) groups is 1. The number of pyridine rings is 1. The number of aryl methyl sites for hydroxylation is 1. The molecule has 0 aromatic carbocycles. The molecule has 1 atom stereocenters. The fourth-order valence-corrected chi connectivity index (χ4v) is 1.46. The highest BCUT2D eigenvalue weighted by atomic mass is 16.5. The maximum Gasteiger partial charge on any atom is 0.213 e. The van der Waals surface area contributed by atoms with Gasteiger partial charge < -0.3 is 9.64 Å². The molecule has 4 nitrogen and oxygen atoms in total. The van der Waals surface area contributed by atoms with Crippen LogP contribution < -0.4 is 4.74 Å². The van der Waals surface area contributed by atoms with Crippen LogP contribution in [-0.4, -0.2) is 35.9 Å². The Bertz CT molecular complexity index is 443. The summed E-state index contributed by atoms with van der Waals surface area (Å²) in [7, 11) is 1.99. The molecular formula is C15H23N3O. The van der Waals surface area contributed by atoms with Crippen molar-refractivity contribution in [2.45, 2.75) is 33.3 Å². The molecule has 1 unspecified atom stereocenters. The lowest BCUT2D eigenvalue weighted by Crippen LogP contribution is -2.14. The van der Waals surface area contributed by atoms with Crippen molar-refractivity contribution >= 4 is 12.0 Å². The van der Waals surface area contributed by atoms with Crippen molar-refractivity contribution < 1.29 is 4.74 Å². The molecule has 0 bridgehead atoms. The Morgan fingerprint density at radius 3 is 2.84 bits per heavy atom. The van der Waals surface area contributed by atoms with Crippen LogP contribution in [0.2, 0.25) is 0 Å². The van der Waals surface area contributed by atoms with Gasteiger partial charge in [-0.25, -0.2) is 9.98 Å². The summed E-state index contributed by atoms with van der Waals surface area (Å²) in [6.45, 7) is 10.6. The topological polar surface area (TPSA) is 37.7 Å². The van der Waals surface area contributed by atoms with E-state index in [-0.39, 0.29) is 6.10 Å². The quantitative estimate of drug-likeness (QED) is 0.429. The first-order valence-electron chi connectivity index (χ1n) is 6.56. The van der Waals surface area contributed by atoms with Crippen LogP contribution in [0.3, 0.4) is 0 Å². The molecule has 1 heterocycles. The normalized spacial score (nSPS) is 12.4. The van der Waals surface area contributed by atoms with Crippen LogP contribution in [0, 0.1) is 6.92 Å². The van der Waals surface area contributed by atoms with Crippen LogP contribution in [0.5, 0.6) is 5.88 Å². The SMILES string of the molecule is C=CCC(C)Oc1ccc(N=CN(C)CC)c(C)n1. The highest BCUT2D eigenvalue weighted by Gasteiger charge is 2.05. The summed E-state index contributed by atoms with van der Waals surface area (Å²) in [4.78, 5) is 10.8. The average molecular weight is 261 g/mol. The Hall–Kier alpha value is -1.84. The van der Waals surface area contributed by atoms with Gasteiger partial charge in [-0.2, -0.15) is 0 Å². The molecule has 0 saturated carbocycles. The van der Waals surface area contributed by atoms with E-state index in [0.29, 0.717) is 5.88 Å². The van der Waals surface area contributed by atoms with Gasteiger partial charge in [0.25, 0.3) is 0 Å². The summed E-state index contributed by atoms with van der Waals surface area (Å²) in [5, 5.41) is 0. The van der Waals surface area contributed by atoms with Crippen LogP contribution >= 0.6 is 0 Å². The Morgan fingerprint density at radius 2 is 2.26 bits per heavy atom. The molecule has 0 amide bonds. The molecule has 0 aliphatic carbocycles. The van der Waals surface area contributed by atoms with Crippen molar-refractivity contribution in [3.63, 3.8) is 0 Å². The summed E-state index contributed by atoms with van der Waals surface area (Å²) >= 11 is 0. The van der Waals surface area contributed by atoms with Gasteiger partial charge in [-0.05, 0) is 26.8 Å². The monoisotopic (exact) mass is 261 g/mol. The number of hydrogen-bond donors (Lipinski definition) is 0. The van der Waals surface area contributed by atoms with E-state index in [4.69, 9.17) is 4.74 Å². The molecule has 0 aliphatic heterocycles. The Morgan fingerprint density at radius 1 is 1.53 bits per heavy atom. The van der Waals surface area contributed by atoms with Crippen molar-refractivity contribution in [3.8, 4) is 5.88 Å². The standard InChI is InChI=1S/C15H23N3O/c1-6-8-12(3)19-15-10-9-14(13(4)17-15)16-11-18(5)7-2/h6,9-12H,1,7-8H2,2-5H3. The van der Waals surface area contributed by atoms with E-state index < -0.39 is 0 Å². The molecule has 0 radical (unpaired) electrons. The lowest BCUT2D eigenvalue weighted by atomic mass is 10.3. The zero-order valence-corrected chi connectivity index (χ0v) is 12.3. The van der Waals surface area contributed by atoms with E-state index in [1.165, 1.54) is 0 Å². The van der Waals surface area contributed by atoms with Gasteiger partial charge in [-0.1, -0.05) is 6.08 Å². The van der Waals surface area contributed by atoms with Crippen LogP contribution in [-0.2, 0) is 0 Å². The first kappa shape index (κ1) is 15.2. The summed E-state index contributed by atoms with van der Waals surface area (Å²) in [6.07, 6.45) is 4.55. The van der Waals surface area contributed by atoms with Gasteiger partial charge in [0.2, 0.25) is 5.88 Å². The smallest absolute Gasteiger partial charge is 0.213 e. The lowest BCUT2D eigenvalue weighted by molar-refractivity contribution is 0.216. The highest BCUT2D eigenvalue weighted by Crippen LogP contribution is 2.20. The summed E-state index contributed by atoms with van der Waals surface area (Å²) in [5.74, 6) is 0.634. The van der Waals surface area contributed by atoms with Crippen molar-refractivity contribution in [1.82, 2.24) is 9.88 Å². The van der Waals surface area contributed by atoms with Gasteiger partial charge >= 0.3 is 0 Å². The fraction of sp³-hybridized carbons (Fsp3) is 0.467. The second-order valence-electron chi connectivity index (χ2n) is 4.52. The summed E-state index contributed by atoms with van der Waals surface area (Å²) in [5.41, 5.74) is 1.73. The predicted octanol–water partition coefficient (Wildman–Crippen LogP) is 3.34. The number of nitrogens with zero attached hydrogens (tertiary/aromatic N) is 3. The zero-order chi connectivity index (χ0) is 14.3. The molecule has 1 aromatic heterocycles. The lowest BCUT2D eigenvalue weighted by Gasteiger charge is -2.13. The number of rotatable bonds is 7. The molecule has 0 spiro atoms. The van der Waals surface area contributed by atoms with Crippen LogP contribution in [0.25, 0.3) is 0 Å². The zero-order valence-electron chi connectivity index (χ0n) is 12.3. The van der Waals surface area contributed by atoms with Gasteiger partial charge in [0.15, 0.2) is 0 Å². The molecule has 0 saturated heterocycles. The molecule has 104 valence electrons. The van der Waals surface area contributed by atoms with Gasteiger partial charge in [0.1, 0.15) is 6.10 Å². The van der Waals surface area contributed by atoms with Crippen molar-refractivity contribution in [3.05, 3.63) is 30.5 Å². The first-order chi connectivity index (χ1) is 9.06. The van der Waals surface area contributed by atoms with Crippen molar-refractivity contribution in [2.24, 2.45) is 4.99 Å². The molecule has 19 heavy (non-hydrogen) atoms. The maximum absolute atomic E-state index is 5.69. The van der Waals surface area contributed by atoms with Crippen LogP contribution in [0.4, 0.5) is 5.69 Å². The van der Waals surface area contributed by atoms with Gasteiger partial charge in [-0.3, -0.25) is 0 Å². The fourth-order valence-electron chi connectivity index (χ4n) is 1.46. The number of ether oxygens (including phenoxy) is 1. The molecule has 1 aromatic rings. The summed E-state index contributed by atoms with van der Waals surface area (Å²) < 4.78 is 5.69. The van der Waals surface area contributed by atoms with E-state index in [2.05, 4.69) is 23.5 Å². The molecule has 0 N–H and O–H groups in total. The van der Waals surface area contributed by atoms with Crippen molar-refractivity contribution in [1.29, 1.82) is 0 Å². The molecule has 1 rings (SSSR count).